The lowest BCUT2D eigenvalue weighted by Crippen LogP contribution is -2.25. The molecule has 164 valence electrons. The maximum Gasteiger partial charge on any atom is 0.312 e. The maximum absolute atomic E-state index is 12.6. The number of hydrogen-bond donors (Lipinski definition) is 1. The molecule has 1 amide bonds. The van der Waals surface area contributed by atoms with Crippen LogP contribution < -0.4 is 5.32 Å². The number of nitro groups is 1. The summed E-state index contributed by atoms with van der Waals surface area (Å²) in [4.78, 5) is 23.3. The highest BCUT2D eigenvalue weighted by molar-refractivity contribution is 6.36. The summed E-state index contributed by atoms with van der Waals surface area (Å²) in [5, 5.41) is 23.6. The Morgan fingerprint density at radius 1 is 1.19 bits per heavy atom. The fraction of sp³-hybridized carbons (Fsp3) is 0.316. The smallest absolute Gasteiger partial charge is 0.308 e. The van der Waals surface area contributed by atoms with E-state index in [0.717, 1.165) is 0 Å². The van der Waals surface area contributed by atoms with Gasteiger partial charge in [0.1, 0.15) is 16.4 Å². The fourth-order valence-electron chi connectivity index (χ4n) is 3.12. The van der Waals surface area contributed by atoms with Crippen molar-refractivity contribution in [3.05, 3.63) is 66.5 Å². The van der Waals surface area contributed by atoms with E-state index in [9.17, 15) is 14.9 Å². The van der Waals surface area contributed by atoms with Gasteiger partial charge in [-0.05, 0) is 26.0 Å². The van der Waals surface area contributed by atoms with Crippen molar-refractivity contribution in [2.24, 2.45) is 5.92 Å². The number of rotatable bonds is 7. The van der Waals surface area contributed by atoms with E-state index in [2.05, 4.69) is 15.5 Å². The second-order valence-electron chi connectivity index (χ2n) is 7.07. The van der Waals surface area contributed by atoms with Crippen LogP contribution in [0.4, 0.5) is 11.5 Å². The third-order valence-electron chi connectivity index (χ3n) is 4.76. The number of benzene rings is 1. The number of halogens is 3. The third kappa shape index (κ3) is 5.00. The second kappa shape index (κ2) is 9.25. The third-order valence-corrected chi connectivity index (χ3v) is 5.75. The Morgan fingerprint density at radius 3 is 2.42 bits per heavy atom. The Morgan fingerprint density at radius 2 is 1.84 bits per heavy atom. The standard InChI is InChI=1S/C19H19Cl3N6O3/c1-10(7-27-12(3)17(28(30)31)11(2)24-27)19(29)23-18-16(22)9-26(25-18)8-13-14(20)5-4-6-15(13)21/h4-6,9-10H,7-8H2,1-3H3,(H,23,25,29). The number of nitrogens with zero attached hydrogens (tertiary/aromatic N) is 5. The van der Waals surface area contributed by atoms with Crippen molar-refractivity contribution in [2.45, 2.75) is 33.9 Å². The van der Waals surface area contributed by atoms with Crippen LogP contribution >= 0.6 is 34.8 Å². The zero-order valence-corrected chi connectivity index (χ0v) is 19.2. The second-order valence-corrected chi connectivity index (χ2v) is 8.29. The number of carbonyl (C=O) groups excluding carboxylic acids is 1. The normalized spacial score (nSPS) is 12.1. The monoisotopic (exact) mass is 484 g/mol. The molecule has 0 bridgehead atoms. The van der Waals surface area contributed by atoms with Gasteiger partial charge in [0.2, 0.25) is 5.91 Å². The van der Waals surface area contributed by atoms with Gasteiger partial charge >= 0.3 is 5.69 Å². The van der Waals surface area contributed by atoms with Crippen LogP contribution in [0.15, 0.2) is 24.4 Å². The number of aromatic nitrogens is 4. The lowest BCUT2D eigenvalue weighted by atomic mass is 10.1. The highest BCUT2D eigenvalue weighted by Gasteiger charge is 2.25. The molecule has 3 rings (SSSR count). The van der Waals surface area contributed by atoms with Gasteiger partial charge in [0.25, 0.3) is 0 Å². The Kier molecular flexibility index (Phi) is 6.88. The summed E-state index contributed by atoms with van der Waals surface area (Å²) in [6.07, 6.45) is 1.56. The number of amides is 1. The molecule has 31 heavy (non-hydrogen) atoms. The summed E-state index contributed by atoms with van der Waals surface area (Å²) in [6, 6.07) is 5.19. The van der Waals surface area contributed by atoms with Crippen molar-refractivity contribution in [3.63, 3.8) is 0 Å². The Bertz CT molecular complexity index is 1140. The van der Waals surface area contributed by atoms with E-state index in [1.165, 1.54) is 9.36 Å². The van der Waals surface area contributed by atoms with Crippen molar-refractivity contribution < 1.29 is 9.72 Å². The first-order chi connectivity index (χ1) is 14.6. The minimum Gasteiger partial charge on any atom is -0.308 e. The first-order valence-electron chi connectivity index (χ1n) is 9.23. The minimum atomic E-state index is -0.545. The Balaban J connectivity index is 1.71. The van der Waals surface area contributed by atoms with Gasteiger partial charge in [0.05, 0.1) is 23.9 Å². The van der Waals surface area contributed by atoms with Crippen molar-refractivity contribution in [3.8, 4) is 0 Å². The summed E-state index contributed by atoms with van der Waals surface area (Å²) in [5.41, 5.74) is 1.33. The summed E-state index contributed by atoms with van der Waals surface area (Å²) in [7, 11) is 0. The molecule has 1 unspecified atom stereocenters. The van der Waals surface area contributed by atoms with E-state index < -0.39 is 10.8 Å². The van der Waals surface area contributed by atoms with Gasteiger partial charge in [-0.2, -0.15) is 10.2 Å². The number of nitrogens with one attached hydrogen (secondary N) is 1. The van der Waals surface area contributed by atoms with Gasteiger partial charge in [-0.25, -0.2) is 0 Å². The first kappa shape index (κ1) is 23.1. The molecule has 1 atom stereocenters. The van der Waals surface area contributed by atoms with Gasteiger partial charge in [0, 0.05) is 21.8 Å². The molecule has 0 aliphatic rings. The summed E-state index contributed by atoms with van der Waals surface area (Å²) < 4.78 is 2.98. The van der Waals surface area contributed by atoms with E-state index in [4.69, 9.17) is 34.8 Å². The van der Waals surface area contributed by atoms with Crippen LogP contribution in [0.5, 0.6) is 0 Å². The molecule has 2 aromatic heterocycles. The topological polar surface area (TPSA) is 108 Å². The van der Waals surface area contributed by atoms with Crippen LogP contribution in [0.3, 0.4) is 0 Å². The van der Waals surface area contributed by atoms with Gasteiger partial charge < -0.3 is 5.32 Å². The summed E-state index contributed by atoms with van der Waals surface area (Å²) in [5.74, 6) is -0.698. The van der Waals surface area contributed by atoms with E-state index in [-0.39, 0.29) is 35.5 Å². The number of anilines is 1. The van der Waals surface area contributed by atoms with Crippen LogP contribution in [0.2, 0.25) is 15.1 Å². The van der Waals surface area contributed by atoms with E-state index in [0.29, 0.717) is 27.0 Å². The zero-order chi connectivity index (χ0) is 22.9. The van der Waals surface area contributed by atoms with Gasteiger partial charge in [-0.15, -0.1) is 0 Å². The lowest BCUT2D eigenvalue weighted by Gasteiger charge is -2.12. The average molecular weight is 486 g/mol. The lowest BCUT2D eigenvalue weighted by molar-refractivity contribution is -0.386. The summed E-state index contributed by atoms with van der Waals surface area (Å²) >= 11 is 18.6. The van der Waals surface area contributed by atoms with Gasteiger partial charge in [-0.1, -0.05) is 47.8 Å². The molecule has 3 aromatic rings. The molecule has 1 aromatic carbocycles. The molecule has 0 aliphatic heterocycles. The highest BCUT2D eigenvalue weighted by atomic mass is 35.5. The van der Waals surface area contributed by atoms with Gasteiger partial charge in [0.15, 0.2) is 5.82 Å². The zero-order valence-electron chi connectivity index (χ0n) is 16.9. The molecule has 0 radical (unpaired) electrons. The van der Waals surface area contributed by atoms with Crippen molar-refractivity contribution in [1.29, 1.82) is 0 Å². The number of hydrogen-bond acceptors (Lipinski definition) is 5. The van der Waals surface area contributed by atoms with E-state index in [1.807, 2.05) is 0 Å². The van der Waals surface area contributed by atoms with Gasteiger partial charge in [-0.3, -0.25) is 24.3 Å². The molecule has 0 saturated heterocycles. The first-order valence-corrected chi connectivity index (χ1v) is 10.4. The molecule has 0 fully saturated rings. The quantitative estimate of drug-likeness (QED) is 0.379. The van der Waals surface area contributed by atoms with Crippen molar-refractivity contribution in [2.75, 3.05) is 5.32 Å². The summed E-state index contributed by atoms with van der Waals surface area (Å²) in [6.45, 7) is 5.29. The largest absolute Gasteiger partial charge is 0.312 e. The average Bonchev–Trinajstić information content (AvgIpc) is 3.16. The minimum absolute atomic E-state index is 0.0485. The molecular formula is C19H19Cl3N6O3. The van der Waals surface area contributed by atoms with Crippen molar-refractivity contribution in [1.82, 2.24) is 19.6 Å². The SMILES string of the molecule is Cc1nn(CC(C)C(=O)Nc2nn(Cc3c(Cl)cccc3Cl)cc2Cl)c(C)c1[N+](=O)[O-]. The molecule has 0 aliphatic carbocycles. The molecule has 0 saturated carbocycles. The van der Waals surface area contributed by atoms with E-state index in [1.54, 1.807) is 45.2 Å². The predicted molar refractivity (Wildman–Crippen MR) is 119 cm³/mol. The van der Waals surface area contributed by atoms with Crippen molar-refractivity contribution >= 4 is 52.2 Å². The molecule has 9 nitrogen and oxygen atoms in total. The van der Waals surface area contributed by atoms with Crippen LogP contribution in [-0.4, -0.2) is 30.4 Å². The molecule has 12 heteroatoms. The number of aryl methyl sites for hydroxylation is 1. The molecular weight excluding hydrogens is 467 g/mol. The van der Waals surface area contributed by atoms with E-state index >= 15 is 0 Å². The van der Waals surface area contributed by atoms with Crippen LogP contribution in [0.25, 0.3) is 0 Å². The Hall–Kier alpha value is -2.62. The molecule has 0 spiro atoms. The van der Waals surface area contributed by atoms with Crippen LogP contribution in [0.1, 0.15) is 23.9 Å². The van der Waals surface area contributed by atoms with Crippen LogP contribution in [-0.2, 0) is 17.9 Å². The number of carbonyl (C=O) groups is 1. The predicted octanol–water partition coefficient (Wildman–Crippen LogP) is 4.89. The highest BCUT2D eigenvalue weighted by Crippen LogP contribution is 2.27. The van der Waals surface area contributed by atoms with Crippen LogP contribution in [0, 0.1) is 29.9 Å². The maximum atomic E-state index is 12.6. The Labute approximate surface area is 193 Å². The molecule has 2 heterocycles. The fourth-order valence-corrected chi connectivity index (χ4v) is 3.83. The molecule has 1 N–H and O–H groups in total.